The van der Waals surface area contributed by atoms with Gasteiger partial charge in [-0.15, -0.1) is 5.10 Å². The summed E-state index contributed by atoms with van der Waals surface area (Å²) in [4.78, 5) is 40.9. The highest BCUT2D eigenvalue weighted by molar-refractivity contribution is 5.77. The van der Waals surface area contributed by atoms with E-state index in [1.165, 1.54) is 20.0 Å². The number of rotatable bonds is 7. The maximum absolute atomic E-state index is 12.4. The van der Waals surface area contributed by atoms with Crippen molar-refractivity contribution in [2.45, 2.75) is 25.9 Å². The summed E-state index contributed by atoms with van der Waals surface area (Å²) in [5.41, 5.74) is 0.876. The van der Waals surface area contributed by atoms with Gasteiger partial charge in [0.2, 0.25) is 5.91 Å². The molecule has 0 saturated heterocycles. The van der Waals surface area contributed by atoms with E-state index >= 15 is 0 Å². The van der Waals surface area contributed by atoms with Crippen molar-refractivity contribution in [3.8, 4) is 0 Å². The van der Waals surface area contributed by atoms with Crippen LogP contribution in [-0.4, -0.2) is 36.2 Å². The standard InChI is InChI=1S/C20H20N6O3/c27-18(9-13-24-14-22-16-7-2-1-6-15(16)19(24)28)21-10-5-12-26-20(29)25-11-4-3-8-17(25)23-26/h1-4,6-8,11,14H,5,9-10,12-13H2,(H,21,27). The molecule has 3 heterocycles. The average molecular weight is 392 g/mol. The van der Waals surface area contributed by atoms with Crippen LogP contribution in [0.15, 0.2) is 64.6 Å². The third-order valence-corrected chi connectivity index (χ3v) is 4.67. The number of aryl methyl sites for hydroxylation is 2. The van der Waals surface area contributed by atoms with E-state index in [-0.39, 0.29) is 30.1 Å². The van der Waals surface area contributed by atoms with Crippen molar-refractivity contribution in [2.24, 2.45) is 0 Å². The Kier molecular flexibility index (Phi) is 5.19. The summed E-state index contributed by atoms with van der Waals surface area (Å²) in [7, 11) is 0. The third kappa shape index (κ3) is 3.93. The zero-order valence-electron chi connectivity index (χ0n) is 15.7. The lowest BCUT2D eigenvalue weighted by molar-refractivity contribution is -0.121. The van der Waals surface area contributed by atoms with E-state index in [0.717, 1.165) is 0 Å². The molecule has 0 bridgehead atoms. The van der Waals surface area contributed by atoms with Gasteiger partial charge in [0.05, 0.1) is 17.2 Å². The Bertz CT molecular complexity index is 1290. The maximum atomic E-state index is 12.4. The molecule has 0 saturated carbocycles. The second-order valence-corrected chi connectivity index (χ2v) is 6.65. The fourth-order valence-corrected chi connectivity index (χ4v) is 3.15. The number of hydrogen-bond acceptors (Lipinski definition) is 5. The van der Waals surface area contributed by atoms with Gasteiger partial charge in [-0.3, -0.25) is 18.6 Å². The van der Waals surface area contributed by atoms with E-state index < -0.39 is 0 Å². The number of amides is 1. The number of benzene rings is 1. The smallest absolute Gasteiger partial charge is 0.350 e. The molecule has 0 atom stereocenters. The van der Waals surface area contributed by atoms with Crippen molar-refractivity contribution in [3.05, 3.63) is 75.8 Å². The van der Waals surface area contributed by atoms with Crippen LogP contribution in [0.4, 0.5) is 0 Å². The molecular formula is C20H20N6O3. The zero-order chi connectivity index (χ0) is 20.2. The molecule has 0 fully saturated rings. The molecule has 0 radical (unpaired) electrons. The first kappa shape index (κ1) is 18.6. The average Bonchev–Trinajstić information content (AvgIpc) is 3.07. The fourth-order valence-electron chi connectivity index (χ4n) is 3.15. The van der Waals surface area contributed by atoms with Gasteiger partial charge in [-0.1, -0.05) is 18.2 Å². The van der Waals surface area contributed by atoms with Crippen LogP contribution in [0, 0.1) is 0 Å². The van der Waals surface area contributed by atoms with Crippen LogP contribution >= 0.6 is 0 Å². The summed E-state index contributed by atoms with van der Waals surface area (Å²) in [5.74, 6) is -0.160. The van der Waals surface area contributed by atoms with E-state index in [1.807, 2.05) is 12.1 Å². The summed E-state index contributed by atoms with van der Waals surface area (Å²) in [6.45, 7) is 1.09. The van der Waals surface area contributed by atoms with Gasteiger partial charge in [-0.05, 0) is 30.7 Å². The minimum Gasteiger partial charge on any atom is -0.356 e. The Morgan fingerprint density at radius 1 is 1.03 bits per heavy atom. The monoisotopic (exact) mass is 392 g/mol. The highest BCUT2D eigenvalue weighted by Gasteiger charge is 2.08. The molecule has 29 heavy (non-hydrogen) atoms. The number of aromatic nitrogens is 5. The van der Waals surface area contributed by atoms with Gasteiger partial charge in [-0.2, -0.15) is 0 Å². The third-order valence-electron chi connectivity index (χ3n) is 4.67. The molecule has 9 nitrogen and oxygen atoms in total. The number of carbonyl (C=O) groups is 1. The van der Waals surface area contributed by atoms with Crippen molar-refractivity contribution in [2.75, 3.05) is 6.54 Å². The summed E-state index contributed by atoms with van der Waals surface area (Å²) in [5, 5.41) is 7.59. The van der Waals surface area contributed by atoms with E-state index in [2.05, 4.69) is 15.4 Å². The lowest BCUT2D eigenvalue weighted by atomic mass is 10.2. The van der Waals surface area contributed by atoms with Crippen LogP contribution in [0.1, 0.15) is 12.8 Å². The number of carbonyl (C=O) groups excluding carboxylic acids is 1. The van der Waals surface area contributed by atoms with Gasteiger partial charge in [-0.25, -0.2) is 14.5 Å². The zero-order valence-corrected chi connectivity index (χ0v) is 15.7. The molecule has 4 aromatic rings. The first-order valence-corrected chi connectivity index (χ1v) is 9.38. The molecule has 9 heteroatoms. The Morgan fingerprint density at radius 3 is 2.72 bits per heavy atom. The van der Waals surface area contributed by atoms with Crippen molar-refractivity contribution in [1.29, 1.82) is 0 Å². The van der Waals surface area contributed by atoms with Crippen LogP contribution in [0.25, 0.3) is 16.6 Å². The number of fused-ring (bicyclic) bond motifs is 2. The molecule has 0 aliphatic carbocycles. The van der Waals surface area contributed by atoms with E-state index in [9.17, 15) is 14.4 Å². The summed E-state index contributed by atoms with van der Waals surface area (Å²) in [6.07, 6.45) is 3.89. The predicted octanol–water partition coefficient (Wildman–Crippen LogP) is 0.802. The van der Waals surface area contributed by atoms with Crippen LogP contribution in [0.5, 0.6) is 0 Å². The topological polar surface area (TPSA) is 103 Å². The van der Waals surface area contributed by atoms with Gasteiger partial charge in [0.1, 0.15) is 0 Å². The predicted molar refractivity (Wildman–Crippen MR) is 108 cm³/mol. The molecule has 0 aliphatic rings. The molecule has 148 valence electrons. The van der Waals surface area contributed by atoms with Gasteiger partial charge < -0.3 is 5.32 Å². The minimum atomic E-state index is -0.199. The number of nitrogens with one attached hydrogen (secondary N) is 1. The van der Waals surface area contributed by atoms with Crippen molar-refractivity contribution in [1.82, 2.24) is 29.0 Å². The highest BCUT2D eigenvalue weighted by atomic mass is 16.2. The molecule has 0 spiro atoms. The van der Waals surface area contributed by atoms with Gasteiger partial charge in [0, 0.05) is 32.3 Å². The number of nitrogens with zero attached hydrogens (tertiary/aromatic N) is 5. The van der Waals surface area contributed by atoms with Crippen LogP contribution < -0.4 is 16.6 Å². The second kappa shape index (κ2) is 8.09. The quantitative estimate of drug-likeness (QED) is 0.469. The molecule has 4 rings (SSSR count). The van der Waals surface area contributed by atoms with Crippen LogP contribution in [-0.2, 0) is 17.9 Å². The van der Waals surface area contributed by atoms with E-state index in [1.54, 1.807) is 36.5 Å². The van der Waals surface area contributed by atoms with E-state index in [0.29, 0.717) is 36.1 Å². The van der Waals surface area contributed by atoms with Gasteiger partial charge in [0.15, 0.2) is 5.65 Å². The highest BCUT2D eigenvalue weighted by Crippen LogP contribution is 2.04. The minimum absolute atomic E-state index is 0.158. The van der Waals surface area contributed by atoms with Crippen molar-refractivity contribution >= 4 is 22.5 Å². The normalized spacial score (nSPS) is 11.2. The Labute approximate surface area is 165 Å². The summed E-state index contributed by atoms with van der Waals surface area (Å²) in [6, 6.07) is 12.5. The van der Waals surface area contributed by atoms with Crippen molar-refractivity contribution < 1.29 is 4.79 Å². The Hall–Kier alpha value is -3.75. The second-order valence-electron chi connectivity index (χ2n) is 6.65. The lowest BCUT2D eigenvalue weighted by Gasteiger charge is -2.07. The molecule has 1 aromatic carbocycles. The molecule has 0 unspecified atom stereocenters. The Balaban J connectivity index is 1.27. The van der Waals surface area contributed by atoms with Crippen molar-refractivity contribution in [3.63, 3.8) is 0 Å². The number of pyridine rings is 1. The molecule has 3 aromatic heterocycles. The van der Waals surface area contributed by atoms with Gasteiger partial charge >= 0.3 is 5.69 Å². The largest absolute Gasteiger partial charge is 0.356 e. The molecular weight excluding hydrogens is 372 g/mol. The summed E-state index contributed by atoms with van der Waals surface area (Å²) < 4.78 is 4.31. The molecule has 1 N–H and O–H groups in total. The SMILES string of the molecule is O=C(CCn1cnc2ccccc2c1=O)NCCCn1nc2ccccn2c1=O. The first-order valence-electron chi connectivity index (χ1n) is 9.38. The molecule has 0 aliphatic heterocycles. The summed E-state index contributed by atoms with van der Waals surface area (Å²) >= 11 is 0. The Morgan fingerprint density at radius 2 is 1.86 bits per heavy atom. The number of hydrogen-bond donors (Lipinski definition) is 1. The fraction of sp³-hybridized carbons (Fsp3) is 0.250. The number of para-hydroxylation sites is 1. The van der Waals surface area contributed by atoms with Gasteiger partial charge in [0.25, 0.3) is 5.56 Å². The van der Waals surface area contributed by atoms with Crippen LogP contribution in [0.3, 0.4) is 0 Å². The molecule has 1 amide bonds. The van der Waals surface area contributed by atoms with Crippen LogP contribution in [0.2, 0.25) is 0 Å². The first-order chi connectivity index (χ1) is 14.1. The lowest BCUT2D eigenvalue weighted by Crippen LogP contribution is -2.29. The van der Waals surface area contributed by atoms with E-state index in [4.69, 9.17) is 0 Å². The maximum Gasteiger partial charge on any atom is 0.350 e.